The van der Waals surface area contributed by atoms with Gasteiger partial charge in [-0.1, -0.05) is 32.6 Å². The Hall–Kier alpha value is -0.0800. The van der Waals surface area contributed by atoms with Gasteiger partial charge in [0.25, 0.3) is 0 Å². The second kappa shape index (κ2) is 11.0. The normalized spacial score (nSPS) is 11.1. The van der Waals surface area contributed by atoms with E-state index in [1.54, 1.807) is 0 Å². The maximum absolute atomic E-state index is 3.18. The molecule has 1 N–H and O–H groups in total. The first-order chi connectivity index (χ1) is 6.81. The van der Waals surface area contributed by atoms with E-state index in [4.69, 9.17) is 0 Å². The van der Waals surface area contributed by atoms with Crippen LogP contribution >= 0.6 is 0 Å². The van der Waals surface area contributed by atoms with Gasteiger partial charge in [0.05, 0.1) is 0 Å². The first kappa shape index (κ1) is 13.9. The molecule has 0 aliphatic heterocycles. The second-order valence-electron chi connectivity index (χ2n) is 4.17. The van der Waals surface area contributed by atoms with Gasteiger partial charge in [-0.15, -0.1) is 0 Å². The molecule has 0 amide bonds. The molecule has 86 valence electrons. The fourth-order valence-electron chi connectivity index (χ4n) is 1.62. The number of hydrogen-bond donors (Lipinski definition) is 1. The molecule has 2 heteroatoms. The number of nitrogens with one attached hydrogen (secondary N) is 1. The summed E-state index contributed by atoms with van der Waals surface area (Å²) >= 11 is 0. The van der Waals surface area contributed by atoms with Crippen LogP contribution in [0.5, 0.6) is 0 Å². The molecule has 14 heavy (non-hydrogen) atoms. The molecule has 2 nitrogen and oxygen atoms in total. The molecule has 0 heterocycles. The Kier molecular flexibility index (Phi) is 10.9. The predicted octanol–water partition coefficient (Wildman–Crippen LogP) is 2.50. The van der Waals surface area contributed by atoms with Crippen LogP contribution in [0.3, 0.4) is 0 Å². The second-order valence-corrected chi connectivity index (χ2v) is 4.17. The summed E-state index contributed by atoms with van der Waals surface area (Å²) in [5.41, 5.74) is 0. The van der Waals surface area contributed by atoms with Crippen molar-refractivity contribution in [3.63, 3.8) is 0 Å². The molecular weight excluding hydrogens is 172 g/mol. The van der Waals surface area contributed by atoms with Crippen LogP contribution in [-0.2, 0) is 0 Å². The van der Waals surface area contributed by atoms with Crippen LogP contribution in [0, 0.1) is 0 Å². The summed E-state index contributed by atoms with van der Waals surface area (Å²) in [5.74, 6) is 0. The van der Waals surface area contributed by atoms with Crippen molar-refractivity contribution in [2.75, 3.05) is 33.7 Å². The molecule has 0 unspecified atom stereocenters. The average Bonchev–Trinajstić information content (AvgIpc) is 2.18. The van der Waals surface area contributed by atoms with E-state index in [-0.39, 0.29) is 0 Å². The number of unbranched alkanes of at least 4 members (excludes halogenated alkanes) is 4. The Labute approximate surface area is 90.1 Å². The van der Waals surface area contributed by atoms with Gasteiger partial charge in [0.2, 0.25) is 0 Å². The highest BCUT2D eigenvalue weighted by Gasteiger charge is 1.96. The Bertz CT molecular complexity index is 104. The lowest BCUT2D eigenvalue weighted by Crippen LogP contribution is -2.23. The monoisotopic (exact) mass is 200 g/mol. The molecule has 0 aliphatic rings. The van der Waals surface area contributed by atoms with Gasteiger partial charge >= 0.3 is 0 Å². The minimum atomic E-state index is 1.14. The van der Waals surface area contributed by atoms with Gasteiger partial charge in [-0.3, -0.25) is 0 Å². The topological polar surface area (TPSA) is 15.3 Å². The molecule has 0 fully saturated rings. The molecule has 0 aliphatic carbocycles. The van der Waals surface area contributed by atoms with E-state index >= 15 is 0 Å². The van der Waals surface area contributed by atoms with Crippen molar-refractivity contribution >= 4 is 0 Å². The molecule has 0 radical (unpaired) electrons. The maximum atomic E-state index is 3.18. The van der Waals surface area contributed by atoms with E-state index in [2.05, 4.69) is 24.2 Å². The van der Waals surface area contributed by atoms with Gasteiger partial charge in [0.15, 0.2) is 0 Å². The molecule has 0 saturated carbocycles. The van der Waals surface area contributed by atoms with Crippen molar-refractivity contribution in [1.82, 2.24) is 10.2 Å². The number of nitrogens with zero attached hydrogens (tertiary/aromatic N) is 1. The summed E-state index contributed by atoms with van der Waals surface area (Å²) in [4.78, 5) is 2.45. The van der Waals surface area contributed by atoms with Crippen LogP contribution in [0.15, 0.2) is 0 Å². The van der Waals surface area contributed by atoms with Crippen LogP contribution in [0.4, 0.5) is 0 Å². The minimum absolute atomic E-state index is 1.14. The van der Waals surface area contributed by atoms with Gasteiger partial charge in [-0.2, -0.15) is 0 Å². The Morgan fingerprint density at radius 1 is 0.929 bits per heavy atom. The first-order valence-corrected chi connectivity index (χ1v) is 6.14. The zero-order chi connectivity index (χ0) is 10.6. The fourth-order valence-corrected chi connectivity index (χ4v) is 1.62. The van der Waals surface area contributed by atoms with Crippen molar-refractivity contribution in [1.29, 1.82) is 0 Å². The van der Waals surface area contributed by atoms with E-state index in [0.717, 1.165) is 6.54 Å². The highest BCUT2D eigenvalue weighted by atomic mass is 15.1. The van der Waals surface area contributed by atoms with Crippen molar-refractivity contribution in [2.45, 2.75) is 45.4 Å². The molecule has 0 saturated heterocycles. The number of hydrogen-bond acceptors (Lipinski definition) is 2. The standard InChI is InChI=1S/C12H28N2/c1-4-5-6-7-8-11-14(3)12-9-10-13-2/h13H,4-12H2,1-3H3. The number of rotatable bonds is 10. The predicted molar refractivity (Wildman–Crippen MR) is 64.8 cm³/mol. The molecular formula is C12H28N2. The maximum Gasteiger partial charge on any atom is -0.000969 e. The summed E-state index contributed by atoms with van der Waals surface area (Å²) in [6.07, 6.45) is 8.21. The Morgan fingerprint density at radius 3 is 2.21 bits per heavy atom. The fraction of sp³-hybridized carbons (Fsp3) is 1.00. The lowest BCUT2D eigenvalue weighted by atomic mass is 10.1. The highest BCUT2D eigenvalue weighted by molar-refractivity contribution is 4.53. The molecule has 0 spiro atoms. The summed E-state index contributed by atoms with van der Waals surface area (Å²) in [5, 5.41) is 3.18. The van der Waals surface area contributed by atoms with Crippen LogP contribution in [0.25, 0.3) is 0 Å². The lowest BCUT2D eigenvalue weighted by Gasteiger charge is -2.15. The van der Waals surface area contributed by atoms with E-state index in [9.17, 15) is 0 Å². The summed E-state index contributed by atoms with van der Waals surface area (Å²) in [6.45, 7) is 5.91. The largest absolute Gasteiger partial charge is 0.320 e. The van der Waals surface area contributed by atoms with Crippen LogP contribution < -0.4 is 5.32 Å². The van der Waals surface area contributed by atoms with E-state index in [0.29, 0.717) is 0 Å². The average molecular weight is 200 g/mol. The third-order valence-electron chi connectivity index (χ3n) is 2.61. The van der Waals surface area contributed by atoms with E-state index < -0.39 is 0 Å². The zero-order valence-electron chi connectivity index (χ0n) is 10.3. The molecule has 0 aromatic rings. The summed E-state index contributed by atoms with van der Waals surface area (Å²) in [7, 11) is 4.25. The van der Waals surface area contributed by atoms with E-state index in [1.165, 1.54) is 51.6 Å². The summed E-state index contributed by atoms with van der Waals surface area (Å²) < 4.78 is 0. The Balaban J connectivity index is 3.06. The van der Waals surface area contributed by atoms with Gasteiger partial charge in [-0.05, 0) is 46.6 Å². The summed E-state index contributed by atoms with van der Waals surface area (Å²) in [6, 6.07) is 0. The highest BCUT2D eigenvalue weighted by Crippen LogP contribution is 2.03. The van der Waals surface area contributed by atoms with Gasteiger partial charge in [0.1, 0.15) is 0 Å². The van der Waals surface area contributed by atoms with E-state index in [1.807, 2.05) is 7.05 Å². The van der Waals surface area contributed by atoms with Crippen LogP contribution in [0.2, 0.25) is 0 Å². The van der Waals surface area contributed by atoms with Gasteiger partial charge in [-0.25, -0.2) is 0 Å². The molecule has 0 rings (SSSR count). The van der Waals surface area contributed by atoms with Crippen molar-refractivity contribution < 1.29 is 0 Å². The SMILES string of the molecule is CCCCCCCN(C)CCCNC. The zero-order valence-corrected chi connectivity index (χ0v) is 10.3. The molecule has 0 bridgehead atoms. The Morgan fingerprint density at radius 2 is 1.57 bits per heavy atom. The lowest BCUT2D eigenvalue weighted by molar-refractivity contribution is 0.318. The third-order valence-corrected chi connectivity index (χ3v) is 2.61. The van der Waals surface area contributed by atoms with Gasteiger partial charge < -0.3 is 10.2 Å². The van der Waals surface area contributed by atoms with Crippen LogP contribution in [0.1, 0.15) is 45.4 Å². The molecule has 0 atom stereocenters. The minimum Gasteiger partial charge on any atom is -0.320 e. The van der Waals surface area contributed by atoms with Gasteiger partial charge in [0, 0.05) is 0 Å². The van der Waals surface area contributed by atoms with Crippen molar-refractivity contribution in [3.05, 3.63) is 0 Å². The first-order valence-electron chi connectivity index (χ1n) is 6.14. The molecule has 0 aromatic carbocycles. The van der Waals surface area contributed by atoms with Crippen molar-refractivity contribution in [2.24, 2.45) is 0 Å². The molecule has 0 aromatic heterocycles. The van der Waals surface area contributed by atoms with Crippen LogP contribution in [-0.4, -0.2) is 38.6 Å². The quantitative estimate of drug-likeness (QED) is 0.545. The third kappa shape index (κ3) is 10.0. The smallest absolute Gasteiger partial charge is 0.000969 e. The van der Waals surface area contributed by atoms with Crippen molar-refractivity contribution in [3.8, 4) is 0 Å².